The SMILES string of the molecule is O=C(O)CCC(=O)Cn1ccc2cc(-c3ccc(N4CCCC4)nc3)ccc21. The fourth-order valence-electron chi connectivity index (χ4n) is 3.72. The summed E-state index contributed by atoms with van der Waals surface area (Å²) in [6, 6.07) is 12.3. The number of fused-ring (bicyclic) bond motifs is 1. The second-order valence-corrected chi connectivity index (χ2v) is 7.25. The number of hydrogen-bond donors (Lipinski definition) is 1. The summed E-state index contributed by atoms with van der Waals surface area (Å²) in [6.07, 6.45) is 6.19. The molecule has 4 rings (SSSR count). The van der Waals surface area contributed by atoms with E-state index in [2.05, 4.69) is 28.1 Å². The average Bonchev–Trinajstić information content (AvgIpc) is 3.37. The Morgan fingerprint density at radius 1 is 1.00 bits per heavy atom. The molecular formula is C22H23N3O3. The first-order valence-corrected chi connectivity index (χ1v) is 9.64. The Kier molecular flexibility index (Phi) is 5.10. The van der Waals surface area contributed by atoms with Gasteiger partial charge in [-0.15, -0.1) is 0 Å². The molecule has 2 aromatic heterocycles. The van der Waals surface area contributed by atoms with Gasteiger partial charge in [-0.25, -0.2) is 4.98 Å². The van der Waals surface area contributed by atoms with Crippen LogP contribution in [0.5, 0.6) is 0 Å². The highest BCUT2D eigenvalue weighted by Gasteiger charge is 2.14. The van der Waals surface area contributed by atoms with Crippen molar-refractivity contribution in [3.63, 3.8) is 0 Å². The number of pyridine rings is 1. The molecule has 6 nitrogen and oxygen atoms in total. The van der Waals surface area contributed by atoms with Gasteiger partial charge in [0, 0.05) is 48.4 Å². The van der Waals surface area contributed by atoms with E-state index in [1.54, 1.807) is 0 Å². The van der Waals surface area contributed by atoms with E-state index in [0.29, 0.717) is 0 Å². The van der Waals surface area contributed by atoms with Gasteiger partial charge in [-0.1, -0.05) is 6.07 Å². The smallest absolute Gasteiger partial charge is 0.303 e. The minimum Gasteiger partial charge on any atom is -0.481 e. The van der Waals surface area contributed by atoms with Crippen LogP contribution in [-0.4, -0.2) is 39.5 Å². The number of Topliss-reactive ketones (excluding diaryl/α,β-unsaturated/α-hetero) is 1. The fraction of sp³-hybridized carbons (Fsp3) is 0.318. The average molecular weight is 377 g/mol. The Balaban J connectivity index is 1.50. The Bertz CT molecular complexity index is 1000. The molecule has 1 aliphatic heterocycles. The summed E-state index contributed by atoms with van der Waals surface area (Å²) in [7, 11) is 0. The molecule has 1 saturated heterocycles. The van der Waals surface area contributed by atoms with Crippen molar-refractivity contribution in [2.24, 2.45) is 0 Å². The van der Waals surface area contributed by atoms with Gasteiger partial charge in [-0.05, 0) is 48.7 Å². The lowest BCUT2D eigenvalue weighted by Gasteiger charge is -2.16. The Labute approximate surface area is 163 Å². The van der Waals surface area contributed by atoms with Crippen molar-refractivity contribution < 1.29 is 14.7 Å². The molecule has 144 valence electrons. The molecule has 0 aliphatic carbocycles. The summed E-state index contributed by atoms with van der Waals surface area (Å²) < 4.78 is 1.87. The zero-order valence-electron chi connectivity index (χ0n) is 15.7. The van der Waals surface area contributed by atoms with Crippen LogP contribution in [0.1, 0.15) is 25.7 Å². The van der Waals surface area contributed by atoms with Crippen molar-refractivity contribution in [1.82, 2.24) is 9.55 Å². The van der Waals surface area contributed by atoms with Crippen LogP contribution in [0.25, 0.3) is 22.0 Å². The van der Waals surface area contributed by atoms with E-state index >= 15 is 0 Å². The second-order valence-electron chi connectivity index (χ2n) is 7.25. The fourth-order valence-corrected chi connectivity index (χ4v) is 3.72. The number of hydrogen-bond acceptors (Lipinski definition) is 4. The number of rotatable bonds is 7. The lowest BCUT2D eigenvalue weighted by Crippen LogP contribution is -2.18. The lowest BCUT2D eigenvalue weighted by atomic mass is 10.1. The number of nitrogens with zero attached hydrogens (tertiary/aromatic N) is 3. The number of carbonyl (C=O) groups excluding carboxylic acids is 1. The molecule has 0 bridgehead atoms. The third-order valence-corrected chi connectivity index (χ3v) is 5.25. The maximum Gasteiger partial charge on any atom is 0.303 e. The second kappa shape index (κ2) is 7.84. The van der Waals surface area contributed by atoms with Crippen molar-refractivity contribution in [2.45, 2.75) is 32.2 Å². The summed E-state index contributed by atoms with van der Waals surface area (Å²) in [5, 5.41) is 9.76. The number of aliphatic carboxylic acids is 1. The standard InChI is InChI=1S/C22H23N3O3/c26-19(5-8-22(27)28)15-25-12-9-17-13-16(3-6-20(17)25)18-4-7-21(23-14-18)24-10-1-2-11-24/h3-4,6-7,9,12-14H,1-2,5,8,10-11,15H2,(H,27,28). The van der Waals surface area contributed by atoms with Crippen LogP contribution in [0.2, 0.25) is 0 Å². The van der Waals surface area contributed by atoms with Gasteiger partial charge in [0.2, 0.25) is 0 Å². The highest BCUT2D eigenvalue weighted by Crippen LogP contribution is 2.27. The Morgan fingerprint density at radius 3 is 2.50 bits per heavy atom. The summed E-state index contributed by atoms with van der Waals surface area (Å²) in [5.74, 6) is 0.0127. The first-order chi connectivity index (χ1) is 13.6. The van der Waals surface area contributed by atoms with Gasteiger partial charge in [0.25, 0.3) is 0 Å². The molecule has 28 heavy (non-hydrogen) atoms. The number of aromatic nitrogens is 2. The van der Waals surface area contributed by atoms with E-state index in [4.69, 9.17) is 5.11 Å². The molecule has 1 fully saturated rings. The van der Waals surface area contributed by atoms with E-state index in [9.17, 15) is 9.59 Å². The van der Waals surface area contributed by atoms with Crippen LogP contribution in [0, 0.1) is 0 Å². The topological polar surface area (TPSA) is 75.4 Å². The zero-order chi connectivity index (χ0) is 19.5. The van der Waals surface area contributed by atoms with E-state index < -0.39 is 5.97 Å². The number of carboxylic acids is 1. The largest absolute Gasteiger partial charge is 0.481 e. The maximum absolute atomic E-state index is 12.0. The van der Waals surface area contributed by atoms with Gasteiger partial charge < -0.3 is 14.6 Å². The van der Waals surface area contributed by atoms with Gasteiger partial charge in [-0.3, -0.25) is 9.59 Å². The van der Waals surface area contributed by atoms with Gasteiger partial charge in [0.1, 0.15) is 5.82 Å². The highest BCUT2D eigenvalue weighted by molar-refractivity contribution is 5.88. The molecule has 0 unspecified atom stereocenters. The third kappa shape index (κ3) is 3.91. The maximum atomic E-state index is 12.0. The first-order valence-electron chi connectivity index (χ1n) is 9.64. The van der Waals surface area contributed by atoms with Crippen LogP contribution >= 0.6 is 0 Å². The van der Waals surface area contributed by atoms with Crippen LogP contribution in [0.3, 0.4) is 0 Å². The van der Waals surface area contributed by atoms with E-state index in [1.807, 2.05) is 35.2 Å². The summed E-state index contributed by atoms with van der Waals surface area (Å²) in [6.45, 7) is 2.36. The van der Waals surface area contributed by atoms with Crippen molar-refractivity contribution in [3.8, 4) is 11.1 Å². The molecule has 0 saturated carbocycles. The number of benzene rings is 1. The number of carboxylic acid groups (broad SMARTS) is 1. The first kappa shape index (κ1) is 18.2. The Hall–Kier alpha value is -3.15. The van der Waals surface area contributed by atoms with E-state index in [1.165, 1.54) is 12.8 Å². The normalized spacial score (nSPS) is 13.9. The third-order valence-electron chi connectivity index (χ3n) is 5.25. The van der Waals surface area contributed by atoms with Crippen LogP contribution in [-0.2, 0) is 16.1 Å². The summed E-state index contributed by atoms with van der Waals surface area (Å²) in [4.78, 5) is 29.5. The quantitative estimate of drug-likeness (QED) is 0.679. The van der Waals surface area contributed by atoms with E-state index in [0.717, 1.165) is 40.9 Å². The van der Waals surface area contributed by atoms with Crippen LogP contribution in [0.4, 0.5) is 5.82 Å². The molecule has 3 heterocycles. The molecule has 0 amide bonds. The lowest BCUT2D eigenvalue weighted by molar-refractivity contribution is -0.138. The molecule has 1 N–H and O–H groups in total. The van der Waals surface area contributed by atoms with Crippen molar-refractivity contribution in [2.75, 3.05) is 18.0 Å². The number of anilines is 1. The van der Waals surface area contributed by atoms with Gasteiger partial charge in [-0.2, -0.15) is 0 Å². The predicted octanol–water partition coefficient (Wildman–Crippen LogP) is 3.74. The number of ketones is 1. The molecule has 0 spiro atoms. The minimum absolute atomic E-state index is 0.0577. The van der Waals surface area contributed by atoms with Crippen molar-refractivity contribution >= 4 is 28.5 Å². The van der Waals surface area contributed by atoms with Crippen molar-refractivity contribution in [1.29, 1.82) is 0 Å². The zero-order valence-corrected chi connectivity index (χ0v) is 15.7. The molecule has 1 aliphatic rings. The highest BCUT2D eigenvalue weighted by atomic mass is 16.4. The van der Waals surface area contributed by atoms with Gasteiger partial charge in [0.15, 0.2) is 5.78 Å². The molecule has 3 aromatic rings. The van der Waals surface area contributed by atoms with Gasteiger partial charge in [0.05, 0.1) is 13.0 Å². The Morgan fingerprint density at radius 2 is 1.79 bits per heavy atom. The monoisotopic (exact) mass is 377 g/mol. The molecule has 0 atom stereocenters. The van der Waals surface area contributed by atoms with Gasteiger partial charge >= 0.3 is 5.97 Å². The molecule has 1 aromatic carbocycles. The van der Waals surface area contributed by atoms with Crippen LogP contribution in [0.15, 0.2) is 48.8 Å². The summed E-state index contributed by atoms with van der Waals surface area (Å²) >= 11 is 0. The molecular weight excluding hydrogens is 354 g/mol. The summed E-state index contributed by atoms with van der Waals surface area (Å²) in [5.41, 5.74) is 3.12. The minimum atomic E-state index is -0.945. The predicted molar refractivity (Wildman–Crippen MR) is 108 cm³/mol. The van der Waals surface area contributed by atoms with E-state index in [-0.39, 0.29) is 25.2 Å². The van der Waals surface area contributed by atoms with Crippen LogP contribution < -0.4 is 4.90 Å². The molecule has 0 radical (unpaired) electrons. The number of carbonyl (C=O) groups is 2. The molecule has 6 heteroatoms. The van der Waals surface area contributed by atoms with Crippen molar-refractivity contribution in [3.05, 3.63) is 48.8 Å².